The number of fused-ring (bicyclic) bond motifs is 1. The molecule has 0 bridgehead atoms. The predicted molar refractivity (Wildman–Crippen MR) is 80.5 cm³/mol. The SMILES string of the molecule is CN(C(=O)OCC1CCCc2[nH]cnc21)c1ccccc1. The van der Waals surface area contributed by atoms with E-state index in [1.54, 1.807) is 13.4 Å². The third-order valence-electron chi connectivity index (χ3n) is 3.94. The molecule has 1 heterocycles. The van der Waals surface area contributed by atoms with E-state index in [9.17, 15) is 4.79 Å². The number of para-hydroxylation sites is 1. The summed E-state index contributed by atoms with van der Waals surface area (Å²) < 4.78 is 5.46. The summed E-state index contributed by atoms with van der Waals surface area (Å²) >= 11 is 0. The number of rotatable bonds is 3. The van der Waals surface area contributed by atoms with Gasteiger partial charge in [0.1, 0.15) is 6.61 Å². The number of carbonyl (C=O) groups excluding carboxylic acids is 1. The van der Waals surface area contributed by atoms with Crippen LogP contribution in [0.15, 0.2) is 36.7 Å². The molecule has 21 heavy (non-hydrogen) atoms. The maximum absolute atomic E-state index is 12.1. The highest BCUT2D eigenvalue weighted by Gasteiger charge is 2.24. The highest BCUT2D eigenvalue weighted by Crippen LogP contribution is 2.29. The number of nitrogens with one attached hydrogen (secondary N) is 1. The molecule has 5 heteroatoms. The Kier molecular flexibility index (Phi) is 3.90. The van der Waals surface area contributed by atoms with Crippen LogP contribution in [0.5, 0.6) is 0 Å². The summed E-state index contributed by atoms with van der Waals surface area (Å²) in [6, 6.07) is 9.48. The summed E-state index contributed by atoms with van der Waals surface area (Å²) in [4.78, 5) is 21.2. The third-order valence-corrected chi connectivity index (χ3v) is 3.94. The van der Waals surface area contributed by atoms with Crippen LogP contribution >= 0.6 is 0 Å². The first-order chi connectivity index (χ1) is 10.3. The van der Waals surface area contributed by atoms with Crippen molar-refractivity contribution in [1.82, 2.24) is 9.97 Å². The van der Waals surface area contributed by atoms with Crippen LogP contribution in [0.25, 0.3) is 0 Å². The molecule has 0 aliphatic heterocycles. The fourth-order valence-electron chi connectivity index (χ4n) is 2.73. The first-order valence-electron chi connectivity index (χ1n) is 7.23. The minimum absolute atomic E-state index is 0.202. The van der Waals surface area contributed by atoms with E-state index < -0.39 is 0 Å². The molecule has 1 unspecified atom stereocenters. The quantitative estimate of drug-likeness (QED) is 0.942. The number of nitrogens with zero attached hydrogens (tertiary/aromatic N) is 2. The number of benzene rings is 1. The molecule has 1 N–H and O–H groups in total. The average Bonchev–Trinajstić information content (AvgIpc) is 3.02. The van der Waals surface area contributed by atoms with Crippen LogP contribution in [-0.4, -0.2) is 29.7 Å². The molecule has 0 spiro atoms. The lowest BCUT2D eigenvalue weighted by atomic mass is 9.90. The van der Waals surface area contributed by atoms with Crippen LogP contribution in [0.4, 0.5) is 10.5 Å². The Morgan fingerprint density at radius 1 is 1.43 bits per heavy atom. The van der Waals surface area contributed by atoms with Crippen molar-refractivity contribution in [3.8, 4) is 0 Å². The van der Waals surface area contributed by atoms with Crippen molar-refractivity contribution in [2.75, 3.05) is 18.6 Å². The van der Waals surface area contributed by atoms with Gasteiger partial charge in [-0.3, -0.25) is 4.90 Å². The molecule has 1 aromatic heterocycles. The van der Waals surface area contributed by atoms with Gasteiger partial charge in [-0.15, -0.1) is 0 Å². The van der Waals surface area contributed by atoms with Gasteiger partial charge in [0.05, 0.1) is 12.0 Å². The van der Waals surface area contributed by atoms with E-state index in [0.29, 0.717) is 6.61 Å². The monoisotopic (exact) mass is 285 g/mol. The second-order valence-corrected chi connectivity index (χ2v) is 5.33. The summed E-state index contributed by atoms with van der Waals surface area (Å²) in [6.45, 7) is 0.383. The number of amides is 1. The van der Waals surface area contributed by atoms with Crippen molar-refractivity contribution in [3.63, 3.8) is 0 Å². The van der Waals surface area contributed by atoms with Gasteiger partial charge in [0.15, 0.2) is 0 Å². The van der Waals surface area contributed by atoms with Gasteiger partial charge in [-0.2, -0.15) is 0 Å². The van der Waals surface area contributed by atoms with Crippen LogP contribution in [0.1, 0.15) is 30.1 Å². The van der Waals surface area contributed by atoms with E-state index >= 15 is 0 Å². The molecule has 1 aliphatic rings. The molecule has 1 atom stereocenters. The number of hydrogen-bond acceptors (Lipinski definition) is 3. The lowest BCUT2D eigenvalue weighted by molar-refractivity contribution is 0.144. The topological polar surface area (TPSA) is 58.2 Å². The Morgan fingerprint density at radius 3 is 3.05 bits per heavy atom. The fourth-order valence-corrected chi connectivity index (χ4v) is 2.73. The number of hydrogen-bond donors (Lipinski definition) is 1. The molecular formula is C16H19N3O2. The van der Waals surface area contributed by atoms with Crippen molar-refractivity contribution in [3.05, 3.63) is 48.0 Å². The van der Waals surface area contributed by atoms with E-state index in [0.717, 1.165) is 30.6 Å². The average molecular weight is 285 g/mol. The molecule has 1 amide bonds. The number of aromatic nitrogens is 2. The van der Waals surface area contributed by atoms with E-state index in [1.165, 1.54) is 10.6 Å². The molecule has 3 rings (SSSR count). The fraction of sp³-hybridized carbons (Fsp3) is 0.375. The minimum atomic E-state index is -0.330. The zero-order valence-electron chi connectivity index (χ0n) is 12.1. The van der Waals surface area contributed by atoms with Gasteiger partial charge in [-0.1, -0.05) is 18.2 Å². The molecule has 1 aromatic carbocycles. The smallest absolute Gasteiger partial charge is 0.414 e. The van der Waals surface area contributed by atoms with Crippen LogP contribution in [0.2, 0.25) is 0 Å². The summed E-state index contributed by atoms with van der Waals surface area (Å²) in [6.07, 6.45) is 4.54. The predicted octanol–water partition coefficient (Wildman–Crippen LogP) is 3.10. The van der Waals surface area contributed by atoms with E-state index in [2.05, 4.69) is 9.97 Å². The van der Waals surface area contributed by atoms with E-state index in [4.69, 9.17) is 4.74 Å². The third kappa shape index (κ3) is 2.91. The van der Waals surface area contributed by atoms with Gasteiger partial charge in [-0.05, 0) is 31.4 Å². The van der Waals surface area contributed by atoms with E-state index in [-0.39, 0.29) is 12.0 Å². The molecule has 5 nitrogen and oxygen atoms in total. The van der Waals surface area contributed by atoms with Crippen molar-refractivity contribution in [2.45, 2.75) is 25.2 Å². The van der Waals surface area contributed by atoms with Crippen LogP contribution in [0.3, 0.4) is 0 Å². The van der Waals surface area contributed by atoms with Gasteiger partial charge in [-0.25, -0.2) is 9.78 Å². The first-order valence-corrected chi connectivity index (χ1v) is 7.23. The van der Waals surface area contributed by atoms with Gasteiger partial charge < -0.3 is 9.72 Å². The largest absolute Gasteiger partial charge is 0.448 e. The van der Waals surface area contributed by atoms with Gasteiger partial charge >= 0.3 is 6.09 Å². The van der Waals surface area contributed by atoms with Gasteiger partial charge in [0, 0.05) is 24.3 Å². The number of ether oxygens (including phenoxy) is 1. The van der Waals surface area contributed by atoms with Crippen LogP contribution < -0.4 is 4.90 Å². The molecule has 2 aromatic rings. The lowest BCUT2D eigenvalue weighted by Crippen LogP contribution is -2.29. The van der Waals surface area contributed by atoms with Crippen molar-refractivity contribution < 1.29 is 9.53 Å². The Balaban J connectivity index is 1.60. The Bertz CT molecular complexity index is 609. The minimum Gasteiger partial charge on any atom is -0.448 e. The van der Waals surface area contributed by atoms with Crippen molar-refractivity contribution in [1.29, 1.82) is 0 Å². The second kappa shape index (κ2) is 5.99. The zero-order chi connectivity index (χ0) is 14.7. The normalized spacial score (nSPS) is 17.1. The molecule has 0 fully saturated rings. The van der Waals surface area contributed by atoms with Gasteiger partial charge in [0.25, 0.3) is 0 Å². The Labute approximate surface area is 124 Å². The number of aromatic amines is 1. The number of imidazole rings is 1. The summed E-state index contributed by atoms with van der Waals surface area (Å²) in [5, 5.41) is 0. The Hall–Kier alpha value is -2.30. The molecular weight excluding hydrogens is 266 g/mol. The maximum atomic E-state index is 12.1. The second-order valence-electron chi connectivity index (χ2n) is 5.33. The van der Waals surface area contributed by atoms with Crippen molar-refractivity contribution >= 4 is 11.8 Å². The van der Waals surface area contributed by atoms with Gasteiger partial charge in [0.2, 0.25) is 0 Å². The molecule has 0 saturated carbocycles. The summed E-state index contributed by atoms with van der Waals surface area (Å²) in [5.41, 5.74) is 3.06. The Morgan fingerprint density at radius 2 is 2.24 bits per heavy atom. The number of carbonyl (C=O) groups is 1. The molecule has 0 radical (unpaired) electrons. The molecule has 0 saturated heterocycles. The maximum Gasteiger partial charge on any atom is 0.414 e. The summed E-state index contributed by atoms with van der Waals surface area (Å²) in [5.74, 6) is 0.202. The number of aryl methyl sites for hydroxylation is 1. The molecule has 1 aliphatic carbocycles. The number of H-pyrrole nitrogens is 1. The summed E-state index contributed by atoms with van der Waals surface area (Å²) in [7, 11) is 1.72. The zero-order valence-corrected chi connectivity index (χ0v) is 12.1. The van der Waals surface area contributed by atoms with Crippen LogP contribution in [-0.2, 0) is 11.2 Å². The standard InChI is InChI=1S/C16H19N3O2/c1-19(13-7-3-2-4-8-13)16(20)21-10-12-6-5-9-14-15(12)18-11-17-14/h2-4,7-8,11-12H,5-6,9-10H2,1H3,(H,17,18). The van der Waals surface area contributed by atoms with Crippen LogP contribution in [0, 0.1) is 0 Å². The van der Waals surface area contributed by atoms with E-state index in [1.807, 2.05) is 30.3 Å². The first kappa shape index (κ1) is 13.7. The molecule has 110 valence electrons. The highest BCUT2D eigenvalue weighted by molar-refractivity contribution is 5.86. The van der Waals surface area contributed by atoms with Crippen molar-refractivity contribution in [2.24, 2.45) is 0 Å². The number of anilines is 1. The highest BCUT2D eigenvalue weighted by atomic mass is 16.6. The lowest BCUT2D eigenvalue weighted by Gasteiger charge is -2.23.